The lowest BCUT2D eigenvalue weighted by molar-refractivity contribution is -0.126. The van der Waals surface area contributed by atoms with Crippen molar-refractivity contribution in [3.63, 3.8) is 0 Å². The van der Waals surface area contributed by atoms with Gasteiger partial charge in [0.1, 0.15) is 6.04 Å². The molecular formula is C20H29N3O2. The van der Waals surface area contributed by atoms with Crippen LogP contribution in [0.15, 0.2) is 30.3 Å². The van der Waals surface area contributed by atoms with Crippen LogP contribution in [0.1, 0.15) is 50.5 Å². The minimum absolute atomic E-state index is 0.0138. The highest BCUT2D eigenvalue weighted by Gasteiger charge is 2.32. The Morgan fingerprint density at radius 3 is 2.64 bits per heavy atom. The van der Waals surface area contributed by atoms with Gasteiger partial charge in [-0.15, -0.1) is 0 Å². The molecule has 1 unspecified atom stereocenters. The van der Waals surface area contributed by atoms with Gasteiger partial charge in [-0.3, -0.25) is 4.79 Å². The Bertz CT molecular complexity index is 570. The summed E-state index contributed by atoms with van der Waals surface area (Å²) in [5.41, 5.74) is 1.20. The van der Waals surface area contributed by atoms with Crippen molar-refractivity contribution in [1.29, 1.82) is 0 Å². The summed E-state index contributed by atoms with van der Waals surface area (Å²) in [6, 6.07) is 9.95. The van der Waals surface area contributed by atoms with Crippen LogP contribution in [0.2, 0.25) is 0 Å². The van der Waals surface area contributed by atoms with Gasteiger partial charge >= 0.3 is 6.03 Å². The number of rotatable bonds is 6. The summed E-state index contributed by atoms with van der Waals surface area (Å²) in [7, 11) is 0. The van der Waals surface area contributed by atoms with Gasteiger partial charge in [0.15, 0.2) is 0 Å². The third kappa shape index (κ3) is 4.97. The van der Waals surface area contributed by atoms with Crippen LogP contribution in [-0.2, 0) is 11.2 Å². The first-order valence-electron chi connectivity index (χ1n) is 9.63. The molecule has 1 atom stereocenters. The Balaban J connectivity index is 1.66. The highest BCUT2D eigenvalue weighted by molar-refractivity contribution is 5.87. The van der Waals surface area contributed by atoms with Crippen LogP contribution < -0.4 is 10.6 Å². The lowest BCUT2D eigenvalue weighted by atomic mass is 9.94. The zero-order valence-electron chi connectivity index (χ0n) is 14.9. The van der Waals surface area contributed by atoms with E-state index in [1.54, 1.807) is 4.90 Å². The molecule has 0 radical (unpaired) electrons. The normalized spacial score (nSPS) is 20.0. The van der Waals surface area contributed by atoms with E-state index in [1.807, 2.05) is 18.2 Å². The molecule has 2 fully saturated rings. The molecule has 5 heteroatoms. The van der Waals surface area contributed by atoms with E-state index in [4.69, 9.17) is 0 Å². The maximum Gasteiger partial charge on any atom is 0.318 e. The predicted molar refractivity (Wildman–Crippen MR) is 98.3 cm³/mol. The van der Waals surface area contributed by atoms with Crippen molar-refractivity contribution in [2.24, 2.45) is 0 Å². The van der Waals surface area contributed by atoms with Gasteiger partial charge in [-0.05, 0) is 37.7 Å². The summed E-state index contributed by atoms with van der Waals surface area (Å²) in [5.74, 6) is 0.0138. The van der Waals surface area contributed by atoms with E-state index in [-0.39, 0.29) is 24.0 Å². The number of hydrogen-bond acceptors (Lipinski definition) is 2. The molecule has 1 saturated carbocycles. The van der Waals surface area contributed by atoms with E-state index >= 15 is 0 Å². The van der Waals surface area contributed by atoms with Crippen molar-refractivity contribution in [2.75, 3.05) is 13.1 Å². The summed E-state index contributed by atoms with van der Waals surface area (Å²) < 4.78 is 0. The Morgan fingerprint density at radius 1 is 1.16 bits per heavy atom. The summed E-state index contributed by atoms with van der Waals surface area (Å²) in [4.78, 5) is 27.0. The number of aryl methyl sites for hydroxylation is 1. The predicted octanol–water partition coefficient (Wildman–Crippen LogP) is 2.85. The van der Waals surface area contributed by atoms with Gasteiger partial charge in [0, 0.05) is 19.1 Å². The number of carbonyl (C=O) groups is 2. The quantitative estimate of drug-likeness (QED) is 0.834. The number of carbonyl (C=O) groups excluding carboxylic acids is 2. The minimum atomic E-state index is -0.387. The maximum atomic E-state index is 12.9. The molecule has 5 nitrogen and oxygen atoms in total. The van der Waals surface area contributed by atoms with Crippen LogP contribution in [0.5, 0.6) is 0 Å². The molecule has 1 aliphatic carbocycles. The highest BCUT2D eigenvalue weighted by Crippen LogP contribution is 2.19. The Kier molecular flexibility index (Phi) is 6.31. The lowest BCUT2D eigenvalue weighted by Crippen LogP contribution is -2.57. The molecule has 25 heavy (non-hydrogen) atoms. The smallest absolute Gasteiger partial charge is 0.318 e. The topological polar surface area (TPSA) is 61.4 Å². The van der Waals surface area contributed by atoms with Gasteiger partial charge in [0.05, 0.1) is 0 Å². The lowest BCUT2D eigenvalue weighted by Gasteiger charge is -2.35. The van der Waals surface area contributed by atoms with Gasteiger partial charge in [0.25, 0.3) is 0 Å². The largest absolute Gasteiger partial charge is 0.352 e. The molecule has 3 rings (SSSR count). The Labute approximate surface area is 150 Å². The minimum Gasteiger partial charge on any atom is -0.352 e. The van der Waals surface area contributed by atoms with Gasteiger partial charge in [-0.2, -0.15) is 0 Å². The van der Waals surface area contributed by atoms with Gasteiger partial charge in [-0.1, -0.05) is 49.6 Å². The fourth-order valence-electron chi connectivity index (χ4n) is 3.87. The van der Waals surface area contributed by atoms with Crippen LogP contribution >= 0.6 is 0 Å². The first-order valence-corrected chi connectivity index (χ1v) is 9.63. The van der Waals surface area contributed by atoms with E-state index in [0.29, 0.717) is 19.5 Å². The van der Waals surface area contributed by atoms with Crippen molar-refractivity contribution in [3.8, 4) is 0 Å². The monoisotopic (exact) mass is 343 g/mol. The summed E-state index contributed by atoms with van der Waals surface area (Å²) in [6.45, 7) is 1.36. The van der Waals surface area contributed by atoms with E-state index in [2.05, 4.69) is 22.8 Å². The van der Waals surface area contributed by atoms with E-state index < -0.39 is 0 Å². The number of hydrogen-bond donors (Lipinski definition) is 2. The first-order chi connectivity index (χ1) is 12.2. The molecule has 2 N–H and O–H groups in total. The van der Waals surface area contributed by atoms with Crippen LogP contribution in [-0.4, -0.2) is 42.0 Å². The molecule has 136 valence electrons. The van der Waals surface area contributed by atoms with Crippen molar-refractivity contribution in [2.45, 2.75) is 63.5 Å². The van der Waals surface area contributed by atoms with E-state index in [1.165, 1.54) is 24.8 Å². The first kappa shape index (κ1) is 17.8. The van der Waals surface area contributed by atoms with Crippen LogP contribution in [0.3, 0.4) is 0 Å². The van der Waals surface area contributed by atoms with Gasteiger partial charge in [-0.25, -0.2) is 4.79 Å². The van der Waals surface area contributed by atoms with Gasteiger partial charge < -0.3 is 15.5 Å². The average Bonchev–Trinajstić information content (AvgIpc) is 2.65. The second-order valence-corrected chi connectivity index (χ2v) is 7.16. The second kappa shape index (κ2) is 8.88. The zero-order valence-corrected chi connectivity index (χ0v) is 14.9. The number of benzene rings is 1. The fourth-order valence-corrected chi connectivity index (χ4v) is 3.87. The average molecular weight is 343 g/mol. The van der Waals surface area contributed by atoms with E-state index in [9.17, 15) is 9.59 Å². The fraction of sp³-hybridized carbons (Fsp3) is 0.600. The molecule has 0 spiro atoms. The van der Waals surface area contributed by atoms with E-state index in [0.717, 1.165) is 25.7 Å². The third-order valence-corrected chi connectivity index (χ3v) is 5.29. The standard InChI is InChI=1S/C20H29N3O2/c24-19(22-17-10-5-2-6-11-17)18(23-15-7-14-21-20(23)25)13-12-16-8-3-1-4-9-16/h1,3-4,8-9,17-18H,2,5-7,10-15H2,(H,21,25)(H,22,24). The summed E-state index contributed by atoms with van der Waals surface area (Å²) in [5, 5.41) is 6.09. The Morgan fingerprint density at radius 2 is 1.92 bits per heavy atom. The maximum absolute atomic E-state index is 12.9. The summed E-state index contributed by atoms with van der Waals surface area (Å²) >= 11 is 0. The number of amides is 3. The zero-order chi connectivity index (χ0) is 17.5. The van der Waals surface area contributed by atoms with Crippen molar-refractivity contribution in [3.05, 3.63) is 35.9 Å². The van der Waals surface area contributed by atoms with Crippen LogP contribution in [0, 0.1) is 0 Å². The molecular weight excluding hydrogens is 314 g/mol. The van der Waals surface area contributed by atoms with Crippen LogP contribution in [0.25, 0.3) is 0 Å². The van der Waals surface area contributed by atoms with Crippen molar-refractivity contribution < 1.29 is 9.59 Å². The second-order valence-electron chi connectivity index (χ2n) is 7.16. The number of nitrogens with zero attached hydrogens (tertiary/aromatic N) is 1. The summed E-state index contributed by atoms with van der Waals surface area (Å²) in [6.07, 6.45) is 8.10. The molecule has 1 heterocycles. The van der Waals surface area contributed by atoms with Gasteiger partial charge in [0.2, 0.25) is 5.91 Å². The highest BCUT2D eigenvalue weighted by atomic mass is 16.2. The molecule has 1 aromatic carbocycles. The third-order valence-electron chi connectivity index (χ3n) is 5.29. The number of nitrogens with one attached hydrogen (secondary N) is 2. The molecule has 1 saturated heterocycles. The SMILES string of the molecule is O=C(NC1CCCCC1)C(CCc1ccccc1)N1CCCNC1=O. The van der Waals surface area contributed by atoms with Crippen LogP contribution in [0.4, 0.5) is 4.79 Å². The molecule has 0 aromatic heterocycles. The molecule has 0 bridgehead atoms. The molecule has 3 amide bonds. The molecule has 1 aliphatic heterocycles. The number of urea groups is 1. The van der Waals surface area contributed by atoms with Crippen molar-refractivity contribution >= 4 is 11.9 Å². The molecule has 2 aliphatic rings. The molecule has 1 aromatic rings. The Hall–Kier alpha value is -2.04. The van der Waals surface area contributed by atoms with Crippen molar-refractivity contribution in [1.82, 2.24) is 15.5 Å².